The van der Waals surface area contributed by atoms with Crippen LogP contribution in [0, 0.1) is 10.8 Å². The second-order valence-electron chi connectivity index (χ2n) is 7.18. The lowest BCUT2D eigenvalue weighted by molar-refractivity contribution is -0.172. The monoisotopic (exact) mass is 292 g/mol. The summed E-state index contributed by atoms with van der Waals surface area (Å²) in [6, 6.07) is 6.08. The third kappa shape index (κ3) is 2.74. The average Bonchev–Trinajstić information content (AvgIpc) is 2.42. The molecular formula is C17H24O4. The van der Waals surface area contributed by atoms with Crippen molar-refractivity contribution in [2.75, 3.05) is 33.5 Å². The maximum absolute atomic E-state index is 5.93. The maximum atomic E-state index is 5.93. The van der Waals surface area contributed by atoms with Gasteiger partial charge in [-0.25, -0.2) is 0 Å². The molecule has 0 spiro atoms. The Hall–Kier alpha value is -1.26. The van der Waals surface area contributed by atoms with Gasteiger partial charge in [-0.3, -0.25) is 0 Å². The van der Waals surface area contributed by atoms with Crippen molar-refractivity contribution < 1.29 is 18.9 Å². The highest BCUT2D eigenvalue weighted by atomic mass is 16.5. The number of benzene rings is 1. The first-order chi connectivity index (χ1) is 9.93. The van der Waals surface area contributed by atoms with Crippen LogP contribution in [0.1, 0.15) is 32.4 Å². The zero-order chi connectivity index (χ0) is 15.1. The smallest absolute Gasteiger partial charge is 0.161 e. The molecule has 0 aliphatic carbocycles. The quantitative estimate of drug-likeness (QED) is 0.835. The Labute approximate surface area is 126 Å². The van der Waals surface area contributed by atoms with Crippen LogP contribution in [0.25, 0.3) is 0 Å². The summed E-state index contributed by atoms with van der Waals surface area (Å²) in [6.45, 7) is 9.58. The molecule has 3 rings (SSSR count). The summed E-state index contributed by atoms with van der Waals surface area (Å²) in [4.78, 5) is 0. The van der Waals surface area contributed by atoms with Crippen molar-refractivity contribution in [3.8, 4) is 11.5 Å². The van der Waals surface area contributed by atoms with Gasteiger partial charge in [0.15, 0.2) is 11.5 Å². The third-order valence-corrected chi connectivity index (χ3v) is 4.30. The minimum Gasteiger partial charge on any atom is -0.493 e. The number of methoxy groups -OCH3 is 1. The first-order valence-electron chi connectivity index (χ1n) is 7.44. The van der Waals surface area contributed by atoms with E-state index in [1.807, 2.05) is 12.1 Å². The molecule has 1 atom stereocenters. The first kappa shape index (κ1) is 14.7. The molecule has 0 saturated carbocycles. The lowest BCUT2D eigenvalue weighted by Gasteiger charge is -2.44. The summed E-state index contributed by atoms with van der Waals surface area (Å²) in [5.74, 6) is 1.55. The normalized spacial score (nSPS) is 25.6. The predicted molar refractivity (Wildman–Crippen MR) is 79.9 cm³/mol. The third-order valence-electron chi connectivity index (χ3n) is 4.30. The van der Waals surface area contributed by atoms with E-state index in [1.54, 1.807) is 7.11 Å². The van der Waals surface area contributed by atoms with Gasteiger partial charge >= 0.3 is 0 Å². The van der Waals surface area contributed by atoms with Gasteiger partial charge in [0.2, 0.25) is 0 Å². The molecule has 2 saturated heterocycles. The molecule has 1 unspecified atom stereocenters. The van der Waals surface area contributed by atoms with E-state index in [2.05, 4.69) is 26.8 Å². The highest BCUT2D eigenvalue weighted by molar-refractivity contribution is 5.44. The molecule has 0 radical (unpaired) electrons. The van der Waals surface area contributed by atoms with Crippen molar-refractivity contribution in [2.45, 2.75) is 26.9 Å². The van der Waals surface area contributed by atoms with Gasteiger partial charge < -0.3 is 18.9 Å². The van der Waals surface area contributed by atoms with Crippen LogP contribution in [-0.2, 0) is 9.47 Å². The molecule has 2 heterocycles. The van der Waals surface area contributed by atoms with Gasteiger partial charge in [0, 0.05) is 10.8 Å². The second-order valence-corrected chi connectivity index (χ2v) is 7.18. The Morgan fingerprint density at radius 2 is 1.90 bits per heavy atom. The molecule has 21 heavy (non-hydrogen) atoms. The molecule has 116 valence electrons. The Kier molecular flexibility index (Phi) is 3.62. The summed E-state index contributed by atoms with van der Waals surface area (Å²) in [5.41, 5.74) is 1.46. The molecular weight excluding hydrogens is 268 g/mol. The zero-order valence-corrected chi connectivity index (χ0v) is 13.3. The molecule has 1 aromatic carbocycles. The number of hydrogen-bond donors (Lipinski definition) is 0. The topological polar surface area (TPSA) is 36.9 Å². The van der Waals surface area contributed by atoms with Gasteiger partial charge in [-0.1, -0.05) is 26.8 Å². The standard InChI is InChI=1S/C17H24O4/c1-16(2)8-21-15(16)12-5-6-13(14(7-12)18-4)20-11-17(3)9-19-10-17/h5-7,15H,8-11H2,1-4H3. The molecule has 4 nitrogen and oxygen atoms in total. The van der Waals surface area contributed by atoms with Gasteiger partial charge in [-0.15, -0.1) is 0 Å². The van der Waals surface area contributed by atoms with Crippen LogP contribution in [0.2, 0.25) is 0 Å². The molecule has 2 aliphatic rings. The van der Waals surface area contributed by atoms with Crippen LogP contribution in [0.5, 0.6) is 11.5 Å². The van der Waals surface area contributed by atoms with Gasteiger partial charge in [0.25, 0.3) is 0 Å². The minimum atomic E-state index is 0.128. The van der Waals surface area contributed by atoms with E-state index in [0.717, 1.165) is 36.9 Å². The molecule has 0 amide bonds. The molecule has 2 fully saturated rings. The number of rotatable bonds is 5. The maximum Gasteiger partial charge on any atom is 0.161 e. The molecule has 2 aliphatic heterocycles. The lowest BCUT2D eigenvalue weighted by atomic mass is 9.79. The fourth-order valence-electron chi connectivity index (χ4n) is 2.80. The van der Waals surface area contributed by atoms with Crippen LogP contribution in [-0.4, -0.2) is 33.5 Å². The Bertz CT molecular complexity index is 520. The van der Waals surface area contributed by atoms with Crippen LogP contribution in [0.4, 0.5) is 0 Å². The number of hydrogen-bond acceptors (Lipinski definition) is 4. The van der Waals surface area contributed by atoms with E-state index in [9.17, 15) is 0 Å². The summed E-state index contributed by atoms with van der Waals surface area (Å²) in [5, 5.41) is 0. The van der Waals surface area contributed by atoms with Gasteiger partial charge in [0.05, 0.1) is 39.6 Å². The zero-order valence-electron chi connectivity index (χ0n) is 13.3. The number of ether oxygens (including phenoxy) is 4. The minimum absolute atomic E-state index is 0.128. The van der Waals surface area contributed by atoms with E-state index in [-0.39, 0.29) is 16.9 Å². The Morgan fingerprint density at radius 3 is 2.38 bits per heavy atom. The van der Waals surface area contributed by atoms with Crippen LogP contribution < -0.4 is 9.47 Å². The summed E-state index contributed by atoms with van der Waals surface area (Å²) >= 11 is 0. The van der Waals surface area contributed by atoms with Crippen molar-refractivity contribution in [3.63, 3.8) is 0 Å². The largest absolute Gasteiger partial charge is 0.493 e. The van der Waals surface area contributed by atoms with E-state index in [0.29, 0.717) is 6.61 Å². The van der Waals surface area contributed by atoms with Gasteiger partial charge in [0.1, 0.15) is 0 Å². The highest BCUT2D eigenvalue weighted by Crippen LogP contribution is 2.47. The fourth-order valence-corrected chi connectivity index (χ4v) is 2.80. The Morgan fingerprint density at radius 1 is 1.14 bits per heavy atom. The van der Waals surface area contributed by atoms with E-state index in [4.69, 9.17) is 18.9 Å². The molecule has 1 aromatic rings. The lowest BCUT2D eigenvalue weighted by Crippen LogP contribution is -2.44. The summed E-state index contributed by atoms with van der Waals surface area (Å²) in [7, 11) is 1.67. The SMILES string of the molecule is COc1cc(C2OCC2(C)C)ccc1OCC1(C)COC1. The molecule has 4 heteroatoms. The molecule has 0 bridgehead atoms. The molecule has 0 aromatic heterocycles. The van der Waals surface area contributed by atoms with Crippen molar-refractivity contribution in [1.29, 1.82) is 0 Å². The fraction of sp³-hybridized carbons (Fsp3) is 0.647. The predicted octanol–water partition coefficient (Wildman–Crippen LogP) is 3.21. The molecule has 0 N–H and O–H groups in total. The van der Waals surface area contributed by atoms with Crippen LogP contribution in [0.3, 0.4) is 0 Å². The second kappa shape index (κ2) is 5.18. The van der Waals surface area contributed by atoms with Crippen molar-refractivity contribution in [1.82, 2.24) is 0 Å². The van der Waals surface area contributed by atoms with Crippen LogP contribution in [0.15, 0.2) is 18.2 Å². The summed E-state index contributed by atoms with van der Waals surface area (Å²) in [6.07, 6.45) is 0.137. The van der Waals surface area contributed by atoms with E-state index in [1.165, 1.54) is 0 Å². The summed E-state index contributed by atoms with van der Waals surface area (Å²) < 4.78 is 22.4. The van der Waals surface area contributed by atoms with Crippen LogP contribution >= 0.6 is 0 Å². The Balaban J connectivity index is 1.73. The highest BCUT2D eigenvalue weighted by Gasteiger charge is 2.41. The van der Waals surface area contributed by atoms with Crippen molar-refractivity contribution in [2.24, 2.45) is 10.8 Å². The average molecular weight is 292 g/mol. The van der Waals surface area contributed by atoms with Crippen molar-refractivity contribution >= 4 is 0 Å². The van der Waals surface area contributed by atoms with E-state index < -0.39 is 0 Å². The van der Waals surface area contributed by atoms with E-state index >= 15 is 0 Å². The first-order valence-corrected chi connectivity index (χ1v) is 7.44. The van der Waals surface area contributed by atoms with Gasteiger partial charge in [-0.05, 0) is 17.7 Å². The van der Waals surface area contributed by atoms with Gasteiger partial charge in [-0.2, -0.15) is 0 Å². The van der Waals surface area contributed by atoms with Crippen molar-refractivity contribution in [3.05, 3.63) is 23.8 Å².